The summed E-state index contributed by atoms with van der Waals surface area (Å²) in [6.45, 7) is 1.98. The first-order chi connectivity index (χ1) is 10.0. The molecule has 1 heterocycles. The number of rotatable bonds is 3. The van der Waals surface area contributed by atoms with Crippen LogP contribution in [0.15, 0.2) is 28.7 Å². The molecule has 0 spiro atoms. The molecule has 108 valence electrons. The number of carbonyl (C=O) groups is 1. The smallest absolute Gasteiger partial charge is 0.341 e. The summed E-state index contributed by atoms with van der Waals surface area (Å²) >= 11 is 3.43. The standard InChI is InChI=1S/C16H14BrNO3/c1-9-5-6-14(12(17)7-9)21-15-11(16(19)20)8-10-3-2-4-13(10)18-15/h5-8H,2-4H2,1H3,(H,19,20). The molecule has 1 aromatic carbocycles. The van der Waals surface area contributed by atoms with Gasteiger partial charge in [-0.05, 0) is 71.4 Å². The Kier molecular flexibility index (Phi) is 3.68. The molecule has 0 aliphatic heterocycles. The van der Waals surface area contributed by atoms with Gasteiger partial charge in [-0.3, -0.25) is 0 Å². The highest BCUT2D eigenvalue weighted by atomic mass is 79.9. The van der Waals surface area contributed by atoms with Crippen molar-refractivity contribution in [3.63, 3.8) is 0 Å². The maximum atomic E-state index is 11.4. The van der Waals surface area contributed by atoms with E-state index < -0.39 is 5.97 Å². The van der Waals surface area contributed by atoms with Crippen molar-refractivity contribution in [2.45, 2.75) is 26.2 Å². The van der Waals surface area contributed by atoms with Gasteiger partial charge in [0, 0.05) is 5.69 Å². The number of halogens is 1. The minimum absolute atomic E-state index is 0.114. The van der Waals surface area contributed by atoms with Crippen LogP contribution in [0.2, 0.25) is 0 Å². The second-order valence-electron chi connectivity index (χ2n) is 5.14. The third-order valence-corrected chi connectivity index (χ3v) is 4.16. The molecule has 1 aliphatic carbocycles. The van der Waals surface area contributed by atoms with E-state index in [2.05, 4.69) is 20.9 Å². The molecule has 0 saturated carbocycles. The molecule has 0 bridgehead atoms. The lowest BCUT2D eigenvalue weighted by molar-refractivity contribution is 0.0693. The fraction of sp³-hybridized carbons (Fsp3) is 0.250. The van der Waals surface area contributed by atoms with Gasteiger partial charge in [0.25, 0.3) is 0 Å². The average Bonchev–Trinajstić information content (AvgIpc) is 2.88. The van der Waals surface area contributed by atoms with Crippen molar-refractivity contribution in [2.75, 3.05) is 0 Å². The van der Waals surface area contributed by atoms with E-state index in [4.69, 9.17) is 4.74 Å². The number of aromatic carboxylic acids is 1. The van der Waals surface area contributed by atoms with Crippen LogP contribution in [0.5, 0.6) is 11.6 Å². The number of pyridine rings is 1. The number of aryl methyl sites for hydroxylation is 3. The second-order valence-corrected chi connectivity index (χ2v) is 6.00. The van der Waals surface area contributed by atoms with Gasteiger partial charge in [0.1, 0.15) is 11.3 Å². The normalized spacial score (nSPS) is 13.0. The third kappa shape index (κ3) is 2.78. The Morgan fingerprint density at radius 2 is 2.14 bits per heavy atom. The molecular weight excluding hydrogens is 334 g/mol. The lowest BCUT2D eigenvalue weighted by atomic mass is 10.1. The number of ether oxygens (including phenoxy) is 1. The van der Waals surface area contributed by atoms with Crippen molar-refractivity contribution < 1.29 is 14.6 Å². The highest BCUT2D eigenvalue weighted by Gasteiger charge is 2.21. The Balaban J connectivity index is 2.03. The molecule has 5 heteroatoms. The summed E-state index contributed by atoms with van der Waals surface area (Å²) in [5.41, 5.74) is 3.17. The van der Waals surface area contributed by atoms with Crippen LogP contribution >= 0.6 is 15.9 Å². The molecule has 4 nitrogen and oxygen atoms in total. The fourth-order valence-electron chi connectivity index (χ4n) is 2.48. The lowest BCUT2D eigenvalue weighted by Crippen LogP contribution is -2.05. The van der Waals surface area contributed by atoms with Crippen LogP contribution in [0.25, 0.3) is 0 Å². The third-order valence-electron chi connectivity index (χ3n) is 3.54. The van der Waals surface area contributed by atoms with E-state index in [0.29, 0.717) is 5.75 Å². The van der Waals surface area contributed by atoms with Gasteiger partial charge in [-0.25, -0.2) is 9.78 Å². The van der Waals surface area contributed by atoms with Gasteiger partial charge in [-0.1, -0.05) is 6.07 Å². The van der Waals surface area contributed by atoms with E-state index in [1.165, 1.54) is 0 Å². The number of carboxylic acids is 1. The topological polar surface area (TPSA) is 59.4 Å². The largest absolute Gasteiger partial charge is 0.477 e. The van der Waals surface area contributed by atoms with Crippen LogP contribution in [-0.4, -0.2) is 16.1 Å². The van der Waals surface area contributed by atoms with E-state index >= 15 is 0 Å². The monoisotopic (exact) mass is 347 g/mol. The number of hydrogen-bond donors (Lipinski definition) is 1. The SMILES string of the molecule is Cc1ccc(Oc2nc3c(cc2C(=O)O)CCC3)c(Br)c1. The molecule has 1 aliphatic rings. The average molecular weight is 348 g/mol. The number of nitrogens with zero attached hydrogens (tertiary/aromatic N) is 1. The highest BCUT2D eigenvalue weighted by molar-refractivity contribution is 9.10. The predicted molar refractivity (Wildman–Crippen MR) is 82.2 cm³/mol. The molecule has 1 aromatic heterocycles. The van der Waals surface area contributed by atoms with Crippen LogP contribution in [0.1, 0.15) is 33.6 Å². The maximum absolute atomic E-state index is 11.4. The number of carboxylic acid groups (broad SMARTS) is 1. The Morgan fingerprint density at radius 3 is 2.86 bits per heavy atom. The van der Waals surface area contributed by atoms with Gasteiger partial charge in [-0.2, -0.15) is 0 Å². The Bertz CT molecular complexity index is 728. The Labute approximate surface area is 130 Å². The van der Waals surface area contributed by atoms with Gasteiger partial charge < -0.3 is 9.84 Å². The maximum Gasteiger partial charge on any atom is 0.341 e. The number of fused-ring (bicyclic) bond motifs is 1. The molecule has 2 aromatic rings. The van der Waals surface area contributed by atoms with Gasteiger partial charge in [0.15, 0.2) is 0 Å². The van der Waals surface area contributed by atoms with Crippen molar-refractivity contribution in [3.8, 4) is 11.6 Å². The van der Waals surface area contributed by atoms with Crippen LogP contribution in [0.4, 0.5) is 0 Å². The van der Waals surface area contributed by atoms with E-state index in [1.54, 1.807) is 12.1 Å². The van der Waals surface area contributed by atoms with Crippen molar-refractivity contribution >= 4 is 21.9 Å². The lowest BCUT2D eigenvalue weighted by Gasteiger charge is -2.11. The zero-order chi connectivity index (χ0) is 15.0. The minimum atomic E-state index is -1.02. The van der Waals surface area contributed by atoms with Crippen LogP contribution in [0, 0.1) is 6.92 Å². The summed E-state index contributed by atoms with van der Waals surface area (Å²) < 4.78 is 6.52. The van der Waals surface area contributed by atoms with E-state index in [1.807, 2.05) is 19.1 Å². The molecule has 1 N–H and O–H groups in total. The highest BCUT2D eigenvalue weighted by Crippen LogP contribution is 2.33. The number of hydrogen-bond acceptors (Lipinski definition) is 3. The quantitative estimate of drug-likeness (QED) is 0.906. The first-order valence-corrected chi connectivity index (χ1v) is 7.54. The molecule has 0 unspecified atom stereocenters. The van der Waals surface area contributed by atoms with Crippen molar-refractivity contribution in [1.82, 2.24) is 4.98 Å². The molecule has 0 radical (unpaired) electrons. The first kappa shape index (κ1) is 14.1. The van der Waals surface area contributed by atoms with E-state index in [9.17, 15) is 9.90 Å². The Morgan fingerprint density at radius 1 is 1.33 bits per heavy atom. The molecular formula is C16H14BrNO3. The molecule has 21 heavy (non-hydrogen) atoms. The van der Waals surface area contributed by atoms with Gasteiger partial charge in [-0.15, -0.1) is 0 Å². The summed E-state index contributed by atoms with van der Waals surface area (Å²) in [5, 5.41) is 9.36. The molecule has 0 atom stereocenters. The predicted octanol–water partition coefficient (Wildman–Crippen LogP) is 4.13. The first-order valence-electron chi connectivity index (χ1n) is 6.74. The minimum Gasteiger partial charge on any atom is -0.477 e. The summed E-state index contributed by atoms with van der Waals surface area (Å²) in [7, 11) is 0. The van der Waals surface area contributed by atoms with E-state index in [0.717, 1.165) is 40.6 Å². The van der Waals surface area contributed by atoms with Crippen LogP contribution in [-0.2, 0) is 12.8 Å². The zero-order valence-corrected chi connectivity index (χ0v) is 13.1. The number of benzene rings is 1. The second kappa shape index (κ2) is 5.48. The molecule has 0 saturated heterocycles. The Hall–Kier alpha value is -1.88. The molecule has 0 amide bonds. The zero-order valence-electron chi connectivity index (χ0n) is 11.5. The summed E-state index contributed by atoms with van der Waals surface area (Å²) in [6, 6.07) is 7.33. The fourth-order valence-corrected chi connectivity index (χ4v) is 3.05. The van der Waals surface area contributed by atoms with Crippen molar-refractivity contribution in [3.05, 3.63) is 51.1 Å². The summed E-state index contributed by atoms with van der Waals surface area (Å²) in [4.78, 5) is 15.8. The van der Waals surface area contributed by atoms with E-state index in [-0.39, 0.29) is 11.4 Å². The summed E-state index contributed by atoms with van der Waals surface area (Å²) in [6.07, 6.45) is 2.77. The van der Waals surface area contributed by atoms with Crippen molar-refractivity contribution in [2.24, 2.45) is 0 Å². The van der Waals surface area contributed by atoms with Gasteiger partial charge in [0.05, 0.1) is 4.47 Å². The van der Waals surface area contributed by atoms with Gasteiger partial charge >= 0.3 is 5.97 Å². The molecule has 3 rings (SSSR count). The summed E-state index contributed by atoms with van der Waals surface area (Å²) in [5.74, 6) is -0.295. The van der Waals surface area contributed by atoms with Crippen LogP contribution < -0.4 is 4.74 Å². The van der Waals surface area contributed by atoms with Crippen LogP contribution in [0.3, 0.4) is 0 Å². The molecule has 0 fully saturated rings. The van der Waals surface area contributed by atoms with Gasteiger partial charge in [0.2, 0.25) is 5.88 Å². The number of aromatic nitrogens is 1. The van der Waals surface area contributed by atoms with Crippen molar-refractivity contribution in [1.29, 1.82) is 0 Å².